The molecule has 8 nitrogen and oxygen atoms in total. The molecule has 0 fully saturated rings. The molecule has 1 amide bonds. The summed E-state index contributed by atoms with van der Waals surface area (Å²) >= 11 is 0. The second-order valence-corrected chi connectivity index (χ2v) is 9.39. The number of alkyl halides is 3. The average molecular weight is 570 g/mol. The standard InChI is InChI=1S/C29H38F3NO7/c1-5-38-25(27(34)35)19-23-7-9-24(10-8-23)39-16-13-33(12-15-37-14-6-11-29(30,31)32)28(36)40-26-21(3)17-20(2)18-22(26)4/h7-10,17-18,25H,5-6,11-16,19H2,1-4H3,(H,34,35). The van der Waals surface area contributed by atoms with Crippen LogP contribution in [0.2, 0.25) is 0 Å². The highest BCUT2D eigenvalue weighted by molar-refractivity contribution is 5.73. The number of hydrogen-bond donors (Lipinski definition) is 1. The molecule has 0 saturated carbocycles. The molecule has 0 aromatic heterocycles. The van der Waals surface area contributed by atoms with Gasteiger partial charge in [0.2, 0.25) is 0 Å². The Morgan fingerprint density at radius 2 is 1.60 bits per heavy atom. The van der Waals surface area contributed by atoms with E-state index in [4.69, 9.17) is 18.9 Å². The number of nitrogens with zero attached hydrogens (tertiary/aromatic N) is 1. The summed E-state index contributed by atoms with van der Waals surface area (Å²) in [5, 5.41) is 9.26. The van der Waals surface area contributed by atoms with Crippen LogP contribution in [0.15, 0.2) is 36.4 Å². The number of carboxylic acid groups (broad SMARTS) is 1. The SMILES string of the molecule is CCOC(Cc1ccc(OCCN(CCOCCCC(F)(F)F)C(=O)Oc2c(C)cc(C)cc2C)cc1)C(=O)O. The van der Waals surface area contributed by atoms with Gasteiger partial charge in [-0.05, 0) is 62.9 Å². The van der Waals surface area contributed by atoms with Gasteiger partial charge >= 0.3 is 18.2 Å². The minimum Gasteiger partial charge on any atom is -0.492 e. The number of hydrogen-bond acceptors (Lipinski definition) is 6. The number of rotatable bonds is 16. The average Bonchev–Trinajstić information content (AvgIpc) is 2.87. The van der Waals surface area contributed by atoms with Gasteiger partial charge in [-0.3, -0.25) is 0 Å². The van der Waals surface area contributed by atoms with Gasteiger partial charge in [0, 0.05) is 32.6 Å². The van der Waals surface area contributed by atoms with Crippen LogP contribution in [0, 0.1) is 20.8 Å². The van der Waals surface area contributed by atoms with Crippen LogP contribution >= 0.6 is 0 Å². The third-order valence-electron chi connectivity index (χ3n) is 5.92. The maximum Gasteiger partial charge on any atom is 0.415 e. The lowest BCUT2D eigenvalue weighted by Crippen LogP contribution is -2.39. The molecule has 1 unspecified atom stereocenters. The van der Waals surface area contributed by atoms with Crippen LogP contribution in [0.5, 0.6) is 11.5 Å². The van der Waals surface area contributed by atoms with E-state index >= 15 is 0 Å². The van der Waals surface area contributed by atoms with Gasteiger partial charge in [-0.1, -0.05) is 29.8 Å². The van der Waals surface area contributed by atoms with Crippen LogP contribution < -0.4 is 9.47 Å². The molecule has 2 aromatic rings. The number of aryl methyl sites for hydroxylation is 3. The third kappa shape index (κ3) is 11.8. The summed E-state index contributed by atoms with van der Waals surface area (Å²) < 4.78 is 59.1. The van der Waals surface area contributed by atoms with Gasteiger partial charge in [0.1, 0.15) is 18.1 Å². The summed E-state index contributed by atoms with van der Waals surface area (Å²) in [4.78, 5) is 25.7. The summed E-state index contributed by atoms with van der Waals surface area (Å²) in [6, 6.07) is 10.7. The summed E-state index contributed by atoms with van der Waals surface area (Å²) in [5.41, 5.74) is 3.42. The van der Waals surface area contributed by atoms with Crippen molar-refractivity contribution >= 4 is 12.1 Å². The highest BCUT2D eigenvalue weighted by Gasteiger charge is 2.26. The molecular formula is C29H38F3NO7. The molecular weight excluding hydrogens is 531 g/mol. The van der Waals surface area contributed by atoms with E-state index < -0.39 is 30.8 Å². The first kappa shape index (κ1) is 32.9. The van der Waals surface area contributed by atoms with Crippen LogP contribution in [0.1, 0.15) is 42.0 Å². The molecule has 0 aliphatic rings. The maximum atomic E-state index is 13.0. The van der Waals surface area contributed by atoms with Crippen molar-refractivity contribution < 1.29 is 46.8 Å². The van der Waals surface area contributed by atoms with E-state index in [1.165, 1.54) is 4.90 Å². The fraction of sp³-hybridized carbons (Fsp3) is 0.517. The van der Waals surface area contributed by atoms with Crippen molar-refractivity contribution in [2.24, 2.45) is 0 Å². The minimum absolute atomic E-state index is 0.0398. The maximum absolute atomic E-state index is 13.0. The monoisotopic (exact) mass is 569 g/mol. The molecule has 2 aromatic carbocycles. The first-order chi connectivity index (χ1) is 18.9. The van der Waals surface area contributed by atoms with E-state index in [1.54, 1.807) is 31.2 Å². The Morgan fingerprint density at radius 1 is 0.975 bits per heavy atom. The topological polar surface area (TPSA) is 94.5 Å². The second-order valence-electron chi connectivity index (χ2n) is 9.39. The lowest BCUT2D eigenvalue weighted by Gasteiger charge is -2.23. The number of benzene rings is 2. The molecule has 0 radical (unpaired) electrons. The molecule has 40 heavy (non-hydrogen) atoms. The number of amides is 1. The van der Waals surface area contributed by atoms with Crippen LogP contribution in [0.25, 0.3) is 0 Å². The Balaban J connectivity index is 1.97. The van der Waals surface area contributed by atoms with Crippen LogP contribution in [-0.4, -0.2) is 73.9 Å². The molecule has 0 aliphatic heterocycles. The number of carboxylic acids is 1. The summed E-state index contributed by atoms with van der Waals surface area (Å²) in [6.07, 6.45) is -6.67. The lowest BCUT2D eigenvalue weighted by molar-refractivity contribution is -0.150. The molecule has 0 saturated heterocycles. The van der Waals surface area contributed by atoms with Crippen molar-refractivity contribution in [3.63, 3.8) is 0 Å². The van der Waals surface area contributed by atoms with Crippen molar-refractivity contribution in [3.8, 4) is 11.5 Å². The van der Waals surface area contributed by atoms with Crippen molar-refractivity contribution in [2.45, 2.75) is 59.2 Å². The number of halogens is 3. The number of carbonyl (C=O) groups is 2. The fourth-order valence-corrected chi connectivity index (χ4v) is 4.05. The zero-order valence-electron chi connectivity index (χ0n) is 23.4. The molecule has 0 heterocycles. The van der Waals surface area contributed by atoms with Gasteiger partial charge < -0.3 is 29.0 Å². The van der Waals surface area contributed by atoms with E-state index in [2.05, 4.69) is 0 Å². The zero-order chi connectivity index (χ0) is 29.7. The predicted molar refractivity (Wildman–Crippen MR) is 143 cm³/mol. The molecule has 1 N–H and O–H groups in total. The predicted octanol–water partition coefficient (Wildman–Crippen LogP) is 5.88. The Morgan fingerprint density at radius 3 is 2.17 bits per heavy atom. The highest BCUT2D eigenvalue weighted by Crippen LogP contribution is 2.25. The normalized spacial score (nSPS) is 12.2. The van der Waals surface area contributed by atoms with E-state index in [-0.39, 0.29) is 45.8 Å². The molecule has 11 heteroatoms. The molecule has 0 spiro atoms. The van der Waals surface area contributed by atoms with Crippen LogP contribution in [0.4, 0.5) is 18.0 Å². The Kier molecular flexibility index (Phi) is 13.2. The van der Waals surface area contributed by atoms with Gasteiger partial charge in [-0.2, -0.15) is 13.2 Å². The third-order valence-corrected chi connectivity index (χ3v) is 5.92. The van der Waals surface area contributed by atoms with Gasteiger partial charge in [-0.25, -0.2) is 9.59 Å². The first-order valence-electron chi connectivity index (χ1n) is 13.1. The fourth-order valence-electron chi connectivity index (χ4n) is 4.05. The summed E-state index contributed by atoms with van der Waals surface area (Å²) in [5.74, 6) is -0.0570. The van der Waals surface area contributed by atoms with Gasteiger partial charge in [0.15, 0.2) is 6.10 Å². The van der Waals surface area contributed by atoms with E-state index in [9.17, 15) is 27.9 Å². The Bertz CT molecular complexity index is 1070. The molecule has 0 bridgehead atoms. The summed E-state index contributed by atoms with van der Waals surface area (Å²) in [6.45, 7) is 7.98. The van der Waals surface area contributed by atoms with E-state index in [1.807, 2.05) is 32.9 Å². The van der Waals surface area contributed by atoms with Crippen molar-refractivity contribution in [3.05, 3.63) is 58.7 Å². The highest BCUT2D eigenvalue weighted by atomic mass is 19.4. The molecule has 222 valence electrons. The quantitative estimate of drug-likeness (QED) is 0.252. The van der Waals surface area contributed by atoms with Crippen molar-refractivity contribution in [1.29, 1.82) is 0 Å². The molecule has 2 rings (SSSR count). The first-order valence-corrected chi connectivity index (χ1v) is 13.1. The largest absolute Gasteiger partial charge is 0.492 e. The van der Waals surface area contributed by atoms with E-state index in [0.717, 1.165) is 22.3 Å². The van der Waals surface area contributed by atoms with Crippen LogP contribution in [0.3, 0.4) is 0 Å². The smallest absolute Gasteiger partial charge is 0.415 e. The van der Waals surface area contributed by atoms with Crippen molar-refractivity contribution in [2.75, 3.05) is 39.5 Å². The summed E-state index contributed by atoms with van der Waals surface area (Å²) in [7, 11) is 0. The van der Waals surface area contributed by atoms with E-state index in [0.29, 0.717) is 18.1 Å². The van der Waals surface area contributed by atoms with Crippen molar-refractivity contribution in [1.82, 2.24) is 4.90 Å². The molecule has 1 atom stereocenters. The Hall–Kier alpha value is -3.31. The van der Waals surface area contributed by atoms with Crippen LogP contribution in [-0.2, 0) is 20.7 Å². The lowest BCUT2D eigenvalue weighted by atomic mass is 10.1. The number of ether oxygens (including phenoxy) is 4. The Labute approximate surface area is 233 Å². The van der Waals surface area contributed by atoms with Gasteiger partial charge in [0.25, 0.3) is 0 Å². The van der Waals surface area contributed by atoms with Gasteiger partial charge in [-0.15, -0.1) is 0 Å². The minimum atomic E-state index is -4.24. The molecule has 0 aliphatic carbocycles. The second kappa shape index (κ2) is 16.1. The number of carbonyl (C=O) groups excluding carboxylic acids is 1. The zero-order valence-corrected chi connectivity index (χ0v) is 23.4. The van der Waals surface area contributed by atoms with Gasteiger partial charge in [0.05, 0.1) is 13.2 Å². The number of aliphatic carboxylic acids is 1.